The van der Waals surface area contributed by atoms with Gasteiger partial charge in [0.1, 0.15) is 6.61 Å². The van der Waals surface area contributed by atoms with E-state index in [2.05, 4.69) is 0 Å². The quantitative estimate of drug-likeness (QED) is 0.781. The smallest absolute Gasteiger partial charge is 0.248 e. The summed E-state index contributed by atoms with van der Waals surface area (Å²) < 4.78 is 11.4. The van der Waals surface area contributed by atoms with E-state index in [0.29, 0.717) is 6.04 Å². The highest BCUT2D eigenvalue weighted by Crippen LogP contribution is 2.25. The van der Waals surface area contributed by atoms with Crippen LogP contribution < -0.4 is 0 Å². The van der Waals surface area contributed by atoms with Gasteiger partial charge in [-0.25, -0.2) is 0 Å². The van der Waals surface area contributed by atoms with E-state index in [-0.39, 0.29) is 24.2 Å². The number of hydrogen-bond donors (Lipinski definition) is 0. The van der Waals surface area contributed by atoms with Crippen molar-refractivity contribution >= 4 is 17.7 Å². The number of carbonyl (C=O) groups is 1. The van der Waals surface area contributed by atoms with Gasteiger partial charge in [-0.2, -0.15) is 11.8 Å². The molecule has 0 spiro atoms. The van der Waals surface area contributed by atoms with Gasteiger partial charge in [0.15, 0.2) is 0 Å². The maximum absolute atomic E-state index is 12.5. The summed E-state index contributed by atoms with van der Waals surface area (Å²) in [4.78, 5) is 14.5. The number of amides is 1. The summed E-state index contributed by atoms with van der Waals surface area (Å²) in [7, 11) is 0. The summed E-state index contributed by atoms with van der Waals surface area (Å²) in [6.45, 7) is 7.70. The van der Waals surface area contributed by atoms with Crippen molar-refractivity contribution in [2.45, 2.75) is 57.8 Å². The van der Waals surface area contributed by atoms with Crippen LogP contribution in [0, 0.1) is 0 Å². The van der Waals surface area contributed by atoms with E-state index in [1.54, 1.807) is 0 Å². The van der Waals surface area contributed by atoms with Crippen LogP contribution >= 0.6 is 11.8 Å². The molecule has 2 aliphatic rings. The molecule has 2 unspecified atom stereocenters. The Kier molecular flexibility index (Phi) is 5.75. The van der Waals surface area contributed by atoms with E-state index in [0.717, 1.165) is 43.9 Å². The summed E-state index contributed by atoms with van der Waals surface area (Å²) in [6, 6.07) is 0.361. The van der Waals surface area contributed by atoms with Gasteiger partial charge in [0.2, 0.25) is 5.91 Å². The van der Waals surface area contributed by atoms with Gasteiger partial charge in [0.05, 0.1) is 11.7 Å². The number of ether oxygens (including phenoxy) is 2. The molecule has 2 atom stereocenters. The Hall–Kier alpha value is -0.260. The van der Waals surface area contributed by atoms with E-state index in [1.165, 1.54) is 0 Å². The zero-order valence-corrected chi connectivity index (χ0v) is 13.7. The SMILES string of the molecule is CC(C)(C)OCC(=O)N(CC1CCCO1)C1CCSC1. The van der Waals surface area contributed by atoms with Crippen molar-refractivity contribution in [3.05, 3.63) is 0 Å². The lowest BCUT2D eigenvalue weighted by Crippen LogP contribution is -2.47. The van der Waals surface area contributed by atoms with Crippen LogP contribution in [0.25, 0.3) is 0 Å². The van der Waals surface area contributed by atoms with Crippen molar-refractivity contribution < 1.29 is 14.3 Å². The Balaban J connectivity index is 1.91. The molecule has 0 aromatic carbocycles. The molecule has 2 rings (SSSR count). The van der Waals surface area contributed by atoms with E-state index in [4.69, 9.17) is 9.47 Å². The molecule has 0 N–H and O–H groups in total. The highest BCUT2D eigenvalue weighted by molar-refractivity contribution is 7.99. The monoisotopic (exact) mass is 301 g/mol. The van der Waals surface area contributed by atoms with Gasteiger partial charge in [0, 0.05) is 24.9 Å². The summed E-state index contributed by atoms with van der Waals surface area (Å²) >= 11 is 1.93. The van der Waals surface area contributed by atoms with E-state index >= 15 is 0 Å². The fourth-order valence-corrected chi connectivity index (χ4v) is 3.82. The third kappa shape index (κ3) is 4.93. The van der Waals surface area contributed by atoms with Crippen LogP contribution in [-0.2, 0) is 14.3 Å². The molecule has 2 fully saturated rings. The van der Waals surface area contributed by atoms with Gasteiger partial charge in [0.25, 0.3) is 0 Å². The van der Waals surface area contributed by atoms with Gasteiger partial charge in [-0.3, -0.25) is 4.79 Å². The molecule has 20 heavy (non-hydrogen) atoms. The fourth-order valence-electron chi connectivity index (χ4n) is 2.59. The highest BCUT2D eigenvalue weighted by Gasteiger charge is 2.31. The lowest BCUT2D eigenvalue weighted by atomic mass is 10.1. The van der Waals surface area contributed by atoms with Crippen LogP contribution in [0.4, 0.5) is 0 Å². The van der Waals surface area contributed by atoms with Crippen LogP contribution in [0.3, 0.4) is 0 Å². The van der Waals surface area contributed by atoms with Gasteiger partial charge >= 0.3 is 0 Å². The molecule has 116 valence electrons. The Labute approximate surface area is 126 Å². The number of thioether (sulfide) groups is 1. The first-order valence-corrected chi connectivity index (χ1v) is 8.74. The molecule has 2 saturated heterocycles. The van der Waals surface area contributed by atoms with E-state index in [9.17, 15) is 4.79 Å². The van der Waals surface area contributed by atoms with E-state index < -0.39 is 0 Å². The predicted molar refractivity (Wildman–Crippen MR) is 82.1 cm³/mol. The van der Waals surface area contributed by atoms with Gasteiger partial charge < -0.3 is 14.4 Å². The molecule has 0 radical (unpaired) electrons. The van der Waals surface area contributed by atoms with Crippen molar-refractivity contribution in [3.63, 3.8) is 0 Å². The summed E-state index contributed by atoms with van der Waals surface area (Å²) in [6.07, 6.45) is 3.51. The standard InChI is InChI=1S/C15H27NO3S/c1-15(2,3)19-10-14(17)16(12-6-8-20-11-12)9-13-5-4-7-18-13/h12-13H,4-11H2,1-3H3. The molecule has 0 aliphatic carbocycles. The second-order valence-corrected chi connectivity index (χ2v) is 7.75. The maximum Gasteiger partial charge on any atom is 0.248 e. The topological polar surface area (TPSA) is 38.8 Å². The zero-order valence-electron chi connectivity index (χ0n) is 12.9. The van der Waals surface area contributed by atoms with Crippen LogP contribution in [0.1, 0.15) is 40.0 Å². The number of hydrogen-bond acceptors (Lipinski definition) is 4. The van der Waals surface area contributed by atoms with Crippen LogP contribution in [0.2, 0.25) is 0 Å². The Morgan fingerprint density at radius 2 is 2.20 bits per heavy atom. The van der Waals surface area contributed by atoms with Crippen LogP contribution in [0.5, 0.6) is 0 Å². The summed E-state index contributed by atoms with van der Waals surface area (Å²) in [5.41, 5.74) is -0.268. The number of carbonyl (C=O) groups excluding carboxylic acids is 1. The first-order valence-electron chi connectivity index (χ1n) is 7.58. The van der Waals surface area contributed by atoms with Gasteiger partial charge in [-0.1, -0.05) is 0 Å². The molecule has 0 bridgehead atoms. The molecule has 0 saturated carbocycles. The lowest BCUT2D eigenvalue weighted by molar-refractivity contribution is -0.144. The first-order chi connectivity index (χ1) is 9.46. The molecule has 2 aliphatic heterocycles. The molecular weight excluding hydrogens is 274 g/mol. The second kappa shape index (κ2) is 7.14. The molecule has 1 amide bonds. The van der Waals surface area contributed by atoms with Crippen molar-refractivity contribution in [3.8, 4) is 0 Å². The Bertz CT molecular complexity index is 318. The molecule has 5 heteroatoms. The van der Waals surface area contributed by atoms with Crippen molar-refractivity contribution in [1.29, 1.82) is 0 Å². The van der Waals surface area contributed by atoms with Crippen molar-refractivity contribution in [2.24, 2.45) is 0 Å². The molecule has 2 heterocycles. The van der Waals surface area contributed by atoms with E-state index in [1.807, 2.05) is 37.4 Å². The predicted octanol–water partition coefficient (Wildman–Crippen LogP) is 2.31. The molecule has 0 aromatic heterocycles. The van der Waals surface area contributed by atoms with Crippen molar-refractivity contribution in [2.75, 3.05) is 31.3 Å². The third-order valence-corrected chi connectivity index (χ3v) is 4.86. The summed E-state index contributed by atoms with van der Waals surface area (Å²) in [5.74, 6) is 2.32. The molecule has 0 aromatic rings. The minimum atomic E-state index is -0.268. The molecule has 4 nitrogen and oxygen atoms in total. The van der Waals surface area contributed by atoms with Gasteiger partial charge in [-0.05, 0) is 45.8 Å². The van der Waals surface area contributed by atoms with Gasteiger partial charge in [-0.15, -0.1) is 0 Å². The first kappa shape index (κ1) is 16.1. The fraction of sp³-hybridized carbons (Fsp3) is 0.933. The zero-order chi connectivity index (χ0) is 14.6. The second-order valence-electron chi connectivity index (χ2n) is 6.60. The minimum absolute atomic E-state index is 0.114. The van der Waals surface area contributed by atoms with Crippen LogP contribution in [0.15, 0.2) is 0 Å². The summed E-state index contributed by atoms with van der Waals surface area (Å²) in [5, 5.41) is 0. The normalized spacial score (nSPS) is 26.9. The van der Waals surface area contributed by atoms with Crippen molar-refractivity contribution in [1.82, 2.24) is 4.90 Å². The average Bonchev–Trinajstić information content (AvgIpc) is 3.04. The lowest BCUT2D eigenvalue weighted by Gasteiger charge is -2.31. The minimum Gasteiger partial charge on any atom is -0.376 e. The number of rotatable bonds is 5. The van der Waals surface area contributed by atoms with Crippen LogP contribution in [-0.4, -0.2) is 59.8 Å². The number of nitrogens with zero attached hydrogens (tertiary/aromatic N) is 1. The average molecular weight is 301 g/mol. The Morgan fingerprint density at radius 1 is 1.40 bits per heavy atom. The largest absolute Gasteiger partial charge is 0.376 e. The Morgan fingerprint density at radius 3 is 2.75 bits per heavy atom. The third-order valence-electron chi connectivity index (χ3n) is 3.72. The maximum atomic E-state index is 12.5. The highest BCUT2D eigenvalue weighted by atomic mass is 32.2. The molecular formula is C15H27NO3S.